The van der Waals surface area contributed by atoms with Crippen LogP contribution in [0, 0.1) is 23.6 Å². The monoisotopic (exact) mass is 600 g/mol. The van der Waals surface area contributed by atoms with Crippen LogP contribution in [-0.2, 0) is 0 Å². The van der Waals surface area contributed by atoms with E-state index >= 15 is 13.2 Å². The third-order valence-corrected chi connectivity index (χ3v) is 10.5. The second kappa shape index (κ2) is 16.0. The van der Waals surface area contributed by atoms with Crippen LogP contribution in [0.25, 0.3) is 22.3 Å². The van der Waals surface area contributed by atoms with Crippen LogP contribution in [0.5, 0.6) is 0 Å². The van der Waals surface area contributed by atoms with Crippen molar-refractivity contribution in [1.29, 1.82) is 0 Å². The van der Waals surface area contributed by atoms with Gasteiger partial charge in [0.25, 0.3) is 0 Å². The molecule has 0 N–H and O–H groups in total. The summed E-state index contributed by atoms with van der Waals surface area (Å²) in [7, 11) is 0. The fourth-order valence-electron chi connectivity index (χ4n) is 7.73. The van der Waals surface area contributed by atoms with Gasteiger partial charge in [-0.25, -0.2) is 13.2 Å². The SMILES string of the molecule is C/C=C/C1CCC(C2CC=C(c3ccc(-c4ccc(C5=CC=C(CCCCCCCC)C(F)C5F)cc4)c(F)c3)CC2)CC1. The zero-order valence-corrected chi connectivity index (χ0v) is 26.8. The Kier molecular flexibility index (Phi) is 11.8. The van der Waals surface area contributed by atoms with Gasteiger partial charge < -0.3 is 0 Å². The standard InChI is InChI=1S/C41H51F3/c1-3-5-6-7-8-9-11-35-24-27-38(41(44)40(35)43)34-22-20-33(21-23-34)37-26-25-36(28-39(37)42)32-18-16-31(17-19-32)30-14-12-29(10-4-2)13-15-30/h4,10,18,20-31,40-41H,3,5-9,11-17,19H2,1-2H3/b10-4+. The molecule has 3 aliphatic rings. The van der Waals surface area contributed by atoms with Crippen LogP contribution < -0.4 is 0 Å². The van der Waals surface area contributed by atoms with Gasteiger partial charge >= 0.3 is 0 Å². The molecule has 3 aliphatic carbocycles. The number of unbranched alkanes of at least 4 members (excludes halogenated alkanes) is 5. The van der Waals surface area contributed by atoms with Gasteiger partial charge in [-0.1, -0.05) is 106 Å². The van der Waals surface area contributed by atoms with E-state index in [4.69, 9.17) is 0 Å². The average molecular weight is 601 g/mol. The molecular formula is C41H51F3. The predicted octanol–water partition coefficient (Wildman–Crippen LogP) is 12.8. The average Bonchev–Trinajstić information content (AvgIpc) is 3.05. The molecule has 0 saturated heterocycles. The lowest BCUT2D eigenvalue weighted by Gasteiger charge is -2.35. The molecule has 2 aromatic carbocycles. The molecule has 0 nitrogen and oxygen atoms in total. The molecule has 1 saturated carbocycles. The van der Waals surface area contributed by atoms with Crippen molar-refractivity contribution < 1.29 is 13.2 Å². The van der Waals surface area contributed by atoms with E-state index in [0.29, 0.717) is 28.7 Å². The van der Waals surface area contributed by atoms with Gasteiger partial charge in [0.05, 0.1) is 0 Å². The van der Waals surface area contributed by atoms with E-state index in [0.717, 1.165) is 61.0 Å². The van der Waals surface area contributed by atoms with Crippen molar-refractivity contribution in [3.63, 3.8) is 0 Å². The van der Waals surface area contributed by atoms with E-state index in [9.17, 15) is 0 Å². The maximum Gasteiger partial charge on any atom is 0.161 e. The molecule has 0 bridgehead atoms. The van der Waals surface area contributed by atoms with Gasteiger partial charge in [0.15, 0.2) is 12.3 Å². The van der Waals surface area contributed by atoms with E-state index in [1.807, 2.05) is 24.3 Å². The summed E-state index contributed by atoms with van der Waals surface area (Å²) in [6.45, 7) is 4.31. The highest BCUT2D eigenvalue weighted by molar-refractivity contribution is 5.76. The molecule has 44 heavy (non-hydrogen) atoms. The van der Waals surface area contributed by atoms with Crippen molar-refractivity contribution in [1.82, 2.24) is 0 Å². The molecule has 0 amide bonds. The summed E-state index contributed by atoms with van der Waals surface area (Å²) in [4.78, 5) is 0. The van der Waals surface area contributed by atoms with E-state index in [-0.39, 0.29) is 5.82 Å². The number of hydrogen-bond acceptors (Lipinski definition) is 0. The number of hydrogen-bond donors (Lipinski definition) is 0. The summed E-state index contributed by atoms with van der Waals surface area (Å²) < 4.78 is 45.6. The first-order valence-corrected chi connectivity index (χ1v) is 17.4. The Balaban J connectivity index is 1.18. The lowest BCUT2D eigenvalue weighted by Crippen LogP contribution is -2.24. The first kappa shape index (κ1) is 32.6. The lowest BCUT2D eigenvalue weighted by atomic mass is 9.71. The van der Waals surface area contributed by atoms with Crippen LogP contribution in [-0.4, -0.2) is 12.3 Å². The summed E-state index contributed by atoms with van der Waals surface area (Å²) in [6, 6.07) is 12.8. The second-order valence-corrected chi connectivity index (χ2v) is 13.4. The molecule has 0 aromatic heterocycles. The number of benzene rings is 2. The summed E-state index contributed by atoms with van der Waals surface area (Å²) in [5, 5.41) is 0. The Morgan fingerprint density at radius 1 is 0.750 bits per heavy atom. The van der Waals surface area contributed by atoms with Gasteiger partial charge in [0, 0.05) is 5.56 Å². The van der Waals surface area contributed by atoms with Crippen LogP contribution in [0.1, 0.15) is 115 Å². The Hall–Kier alpha value is -2.81. The first-order valence-electron chi connectivity index (χ1n) is 17.4. The molecule has 0 aliphatic heterocycles. The largest absolute Gasteiger partial charge is 0.239 e. The van der Waals surface area contributed by atoms with Crippen LogP contribution in [0.2, 0.25) is 0 Å². The quantitative estimate of drug-likeness (QED) is 0.168. The smallest absolute Gasteiger partial charge is 0.161 e. The summed E-state index contributed by atoms with van der Waals surface area (Å²) in [6.07, 6.45) is 23.1. The molecule has 3 atom stereocenters. The topological polar surface area (TPSA) is 0 Å². The van der Waals surface area contributed by atoms with Crippen LogP contribution >= 0.6 is 0 Å². The maximum atomic E-state index is 15.4. The van der Waals surface area contributed by atoms with Gasteiger partial charge in [-0.05, 0) is 122 Å². The molecule has 236 valence electrons. The van der Waals surface area contributed by atoms with Gasteiger partial charge in [-0.2, -0.15) is 0 Å². The minimum atomic E-state index is -1.67. The Morgan fingerprint density at radius 2 is 1.45 bits per heavy atom. The fourth-order valence-corrected chi connectivity index (χ4v) is 7.73. The number of halogens is 3. The second-order valence-electron chi connectivity index (χ2n) is 13.4. The molecule has 3 unspecified atom stereocenters. The highest BCUT2D eigenvalue weighted by Gasteiger charge is 2.31. The summed E-state index contributed by atoms with van der Waals surface area (Å²) in [5.41, 5.74) is 5.08. The highest BCUT2D eigenvalue weighted by Crippen LogP contribution is 2.42. The predicted molar refractivity (Wildman–Crippen MR) is 181 cm³/mol. The fraction of sp³-hybridized carbons (Fsp3) is 0.512. The van der Waals surface area contributed by atoms with Gasteiger partial charge in [-0.3, -0.25) is 0 Å². The van der Waals surface area contributed by atoms with Crippen molar-refractivity contribution >= 4 is 11.1 Å². The van der Waals surface area contributed by atoms with Crippen molar-refractivity contribution in [2.24, 2.45) is 17.8 Å². The van der Waals surface area contributed by atoms with Gasteiger partial charge in [0.2, 0.25) is 0 Å². The minimum absolute atomic E-state index is 0.244. The van der Waals surface area contributed by atoms with Crippen molar-refractivity contribution in [3.05, 3.63) is 95.4 Å². The zero-order chi connectivity index (χ0) is 30.9. The highest BCUT2D eigenvalue weighted by atomic mass is 19.2. The van der Waals surface area contributed by atoms with Gasteiger partial charge in [-0.15, -0.1) is 0 Å². The van der Waals surface area contributed by atoms with E-state index in [1.165, 1.54) is 56.9 Å². The molecule has 0 spiro atoms. The molecule has 0 radical (unpaired) electrons. The maximum absolute atomic E-state index is 15.4. The van der Waals surface area contributed by atoms with Crippen molar-refractivity contribution in [2.75, 3.05) is 0 Å². The van der Waals surface area contributed by atoms with E-state index in [2.05, 4.69) is 32.1 Å². The zero-order valence-electron chi connectivity index (χ0n) is 26.8. The number of alkyl halides is 2. The Labute approximate surface area is 264 Å². The van der Waals surface area contributed by atoms with Gasteiger partial charge in [0.1, 0.15) is 5.82 Å². The van der Waals surface area contributed by atoms with E-state index in [1.54, 1.807) is 30.4 Å². The third-order valence-electron chi connectivity index (χ3n) is 10.5. The Morgan fingerprint density at radius 3 is 2.14 bits per heavy atom. The number of rotatable bonds is 12. The number of allylic oxidation sites excluding steroid dienone is 8. The first-order chi connectivity index (χ1) is 21.5. The van der Waals surface area contributed by atoms with E-state index < -0.39 is 12.3 Å². The molecule has 3 heteroatoms. The molecule has 2 aromatic rings. The normalized spacial score (nSPS) is 25.9. The molecule has 1 fully saturated rings. The van der Waals surface area contributed by atoms with Crippen LogP contribution in [0.3, 0.4) is 0 Å². The Bertz CT molecular complexity index is 1340. The van der Waals surface area contributed by atoms with Crippen LogP contribution in [0.15, 0.2) is 78.4 Å². The minimum Gasteiger partial charge on any atom is -0.239 e. The molecule has 5 rings (SSSR count). The molecule has 0 heterocycles. The van der Waals surface area contributed by atoms with Crippen molar-refractivity contribution in [2.45, 2.75) is 116 Å². The summed E-state index contributed by atoms with van der Waals surface area (Å²) in [5.74, 6) is 2.10. The lowest BCUT2D eigenvalue weighted by molar-refractivity contribution is 0.212. The van der Waals surface area contributed by atoms with Crippen LogP contribution in [0.4, 0.5) is 13.2 Å². The third kappa shape index (κ3) is 8.06. The van der Waals surface area contributed by atoms with Crippen molar-refractivity contribution in [3.8, 4) is 11.1 Å². The molecular weight excluding hydrogens is 549 g/mol. The summed E-state index contributed by atoms with van der Waals surface area (Å²) >= 11 is 0.